The van der Waals surface area contributed by atoms with Crippen molar-refractivity contribution in [2.45, 2.75) is 0 Å². The lowest BCUT2D eigenvalue weighted by Crippen LogP contribution is -1.79. The number of hydrogen-bond donors (Lipinski definition) is 0. The molecule has 0 saturated carbocycles. The van der Waals surface area contributed by atoms with Gasteiger partial charge in [-0.1, -0.05) is 30.3 Å². The second kappa shape index (κ2) is 4.46. The quantitative estimate of drug-likeness (QED) is 0.495. The Hall–Kier alpha value is -0.810. The van der Waals surface area contributed by atoms with Crippen LogP contribution in [0.1, 0.15) is 0 Å². The van der Waals surface area contributed by atoms with Gasteiger partial charge in [-0.05, 0) is 56.7 Å². The second-order valence-electron chi connectivity index (χ2n) is 3.72. The van der Waals surface area contributed by atoms with E-state index >= 15 is 0 Å². The first-order chi connectivity index (χ1) is 8.27. The summed E-state index contributed by atoms with van der Waals surface area (Å²) in [4.78, 5) is 0. The maximum absolute atomic E-state index is 5.91. The molecular formula is C14H8BrIO. The summed E-state index contributed by atoms with van der Waals surface area (Å²) in [6.45, 7) is 0. The molecule has 3 aromatic rings. The highest BCUT2D eigenvalue weighted by molar-refractivity contribution is 14.1. The van der Waals surface area contributed by atoms with E-state index in [0.29, 0.717) is 0 Å². The zero-order valence-electron chi connectivity index (χ0n) is 8.78. The largest absolute Gasteiger partial charge is 0.455 e. The molecule has 84 valence electrons. The van der Waals surface area contributed by atoms with Crippen molar-refractivity contribution in [2.24, 2.45) is 0 Å². The van der Waals surface area contributed by atoms with Crippen molar-refractivity contribution in [2.75, 3.05) is 0 Å². The van der Waals surface area contributed by atoms with Gasteiger partial charge in [-0.3, -0.25) is 0 Å². The normalized spacial score (nSPS) is 10.9. The summed E-state index contributed by atoms with van der Waals surface area (Å²) in [6, 6.07) is 16.3. The zero-order chi connectivity index (χ0) is 11.8. The molecule has 0 amide bonds. The molecule has 2 aromatic carbocycles. The van der Waals surface area contributed by atoms with E-state index in [1.54, 1.807) is 0 Å². The van der Waals surface area contributed by atoms with E-state index in [1.807, 2.05) is 30.3 Å². The number of hydrogen-bond acceptors (Lipinski definition) is 1. The molecule has 3 heteroatoms. The molecule has 0 spiro atoms. The van der Waals surface area contributed by atoms with E-state index in [4.69, 9.17) is 4.42 Å². The molecule has 0 unspecified atom stereocenters. The number of benzene rings is 2. The summed E-state index contributed by atoms with van der Waals surface area (Å²) < 4.78 is 8.12. The lowest BCUT2D eigenvalue weighted by atomic mass is 10.1. The highest BCUT2D eigenvalue weighted by Crippen LogP contribution is 2.38. The first kappa shape index (κ1) is 11.3. The van der Waals surface area contributed by atoms with Crippen molar-refractivity contribution in [3.05, 3.63) is 56.6 Å². The summed E-state index contributed by atoms with van der Waals surface area (Å²) in [6.07, 6.45) is 0. The summed E-state index contributed by atoms with van der Waals surface area (Å²) in [7, 11) is 0. The molecule has 1 heterocycles. The van der Waals surface area contributed by atoms with Crippen molar-refractivity contribution >= 4 is 49.5 Å². The summed E-state index contributed by atoms with van der Waals surface area (Å²) in [5, 5.41) is 1.11. The molecule has 0 aliphatic rings. The van der Waals surface area contributed by atoms with Gasteiger partial charge in [0.1, 0.15) is 5.58 Å². The first-order valence-corrected chi connectivity index (χ1v) is 7.06. The number of fused-ring (bicyclic) bond motifs is 1. The molecule has 0 fully saturated rings. The van der Waals surface area contributed by atoms with E-state index < -0.39 is 0 Å². The minimum Gasteiger partial charge on any atom is -0.455 e. The smallest absolute Gasteiger partial charge is 0.150 e. The minimum atomic E-state index is 0.899. The molecule has 3 rings (SSSR count). The van der Waals surface area contributed by atoms with Gasteiger partial charge in [0.2, 0.25) is 0 Å². The fourth-order valence-corrected chi connectivity index (χ4v) is 3.09. The van der Waals surface area contributed by atoms with Crippen LogP contribution >= 0.6 is 38.5 Å². The van der Waals surface area contributed by atoms with E-state index in [2.05, 4.69) is 56.7 Å². The topological polar surface area (TPSA) is 13.1 Å². The van der Waals surface area contributed by atoms with Crippen LogP contribution in [-0.2, 0) is 0 Å². The van der Waals surface area contributed by atoms with Gasteiger partial charge in [-0.25, -0.2) is 0 Å². The highest BCUT2D eigenvalue weighted by atomic mass is 127. The summed E-state index contributed by atoms with van der Waals surface area (Å²) in [5.41, 5.74) is 2.03. The minimum absolute atomic E-state index is 0.899. The average molecular weight is 399 g/mol. The van der Waals surface area contributed by atoms with Gasteiger partial charge in [0.05, 0.1) is 4.47 Å². The zero-order valence-corrected chi connectivity index (χ0v) is 12.5. The Morgan fingerprint density at radius 2 is 1.65 bits per heavy atom. The third-order valence-electron chi connectivity index (χ3n) is 2.65. The molecule has 17 heavy (non-hydrogen) atoms. The molecule has 0 aliphatic carbocycles. The SMILES string of the molecule is Brc1c(-c2ccccc2I)oc2ccccc12. The van der Waals surface area contributed by atoms with Crippen LogP contribution in [0.25, 0.3) is 22.3 Å². The fraction of sp³-hybridized carbons (Fsp3) is 0. The van der Waals surface area contributed by atoms with Crippen molar-refractivity contribution in [1.29, 1.82) is 0 Å². The van der Waals surface area contributed by atoms with Crippen LogP contribution in [0.2, 0.25) is 0 Å². The number of halogens is 2. The molecule has 0 bridgehead atoms. The molecular weight excluding hydrogens is 391 g/mol. The fourth-order valence-electron chi connectivity index (χ4n) is 1.83. The van der Waals surface area contributed by atoms with Gasteiger partial charge >= 0.3 is 0 Å². The predicted octanol–water partition coefficient (Wildman–Crippen LogP) is 5.47. The lowest BCUT2D eigenvalue weighted by Gasteiger charge is -2.00. The Balaban J connectivity index is 2.32. The van der Waals surface area contributed by atoms with E-state index in [0.717, 1.165) is 26.8 Å². The molecule has 0 aliphatic heterocycles. The van der Waals surface area contributed by atoms with E-state index in [9.17, 15) is 0 Å². The Kier molecular flexibility index (Phi) is 2.96. The van der Waals surface area contributed by atoms with Crippen molar-refractivity contribution in [1.82, 2.24) is 0 Å². The predicted molar refractivity (Wildman–Crippen MR) is 82.1 cm³/mol. The van der Waals surface area contributed by atoms with Gasteiger partial charge < -0.3 is 4.42 Å². The Morgan fingerprint density at radius 3 is 2.41 bits per heavy atom. The van der Waals surface area contributed by atoms with E-state index in [1.165, 1.54) is 3.57 Å². The van der Waals surface area contributed by atoms with Crippen LogP contribution < -0.4 is 0 Å². The molecule has 0 saturated heterocycles. The monoisotopic (exact) mass is 398 g/mol. The van der Waals surface area contributed by atoms with Crippen LogP contribution in [0, 0.1) is 3.57 Å². The first-order valence-electron chi connectivity index (χ1n) is 5.19. The molecule has 0 N–H and O–H groups in total. The standard InChI is InChI=1S/C14H8BrIO/c15-13-10-6-2-4-8-12(10)17-14(13)9-5-1-3-7-11(9)16/h1-8H. The van der Waals surface area contributed by atoms with Crippen LogP contribution in [0.5, 0.6) is 0 Å². The van der Waals surface area contributed by atoms with Gasteiger partial charge in [-0.15, -0.1) is 0 Å². The van der Waals surface area contributed by atoms with E-state index in [-0.39, 0.29) is 0 Å². The molecule has 1 aromatic heterocycles. The molecule has 0 radical (unpaired) electrons. The summed E-state index contributed by atoms with van der Waals surface area (Å²) >= 11 is 5.95. The maximum Gasteiger partial charge on any atom is 0.150 e. The van der Waals surface area contributed by atoms with Crippen LogP contribution in [0.4, 0.5) is 0 Å². The van der Waals surface area contributed by atoms with Crippen molar-refractivity contribution in [3.8, 4) is 11.3 Å². The van der Waals surface area contributed by atoms with Gasteiger partial charge in [0.15, 0.2) is 5.76 Å². The van der Waals surface area contributed by atoms with Crippen molar-refractivity contribution < 1.29 is 4.42 Å². The third-order valence-corrected chi connectivity index (χ3v) is 4.38. The van der Waals surface area contributed by atoms with Crippen LogP contribution in [0.3, 0.4) is 0 Å². The van der Waals surface area contributed by atoms with Gasteiger partial charge in [-0.2, -0.15) is 0 Å². The third kappa shape index (κ3) is 1.91. The number of para-hydroxylation sites is 1. The average Bonchev–Trinajstić information content (AvgIpc) is 2.68. The molecule has 1 nitrogen and oxygen atoms in total. The van der Waals surface area contributed by atoms with Gasteiger partial charge in [0, 0.05) is 14.5 Å². The number of rotatable bonds is 1. The Labute approximate surface area is 121 Å². The van der Waals surface area contributed by atoms with Crippen LogP contribution in [0.15, 0.2) is 57.4 Å². The lowest BCUT2D eigenvalue weighted by molar-refractivity contribution is 0.629. The maximum atomic E-state index is 5.91. The van der Waals surface area contributed by atoms with Crippen LogP contribution in [-0.4, -0.2) is 0 Å². The van der Waals surface area contributed by atoms with Gasteiger partial charge in [0.25, 0.3) is 0 Å². The van der Waals surface area contributed by atoms with Crippen molar-refractivity contribution in [3.63, 3.8) is 0 Å². The Morgan fingerprint density at radius 1 is 0.941 bits per heavy atom. The highest BCUT2D eigenvalue weighted by Gasteiger charge is 2.14. The Bertz CT molecular complexity index is 688. The molecule has 0 atom stereocenters. The second-order valence-corrected chi connectivity index (χ2v) is 5.68. The number of furan rings is 1. The summed E-state index contributed by atoms with van der Waals surface area (Å²) in [5.74, 6) is 0.899.